The predicted molar refractivity (Wildman–Crippen MR) is 147 cm³/mol. The first-order valence-electron chi connectivity index (χ1n) is 12.1. The van der Waals surface area contributed by atoms with E-state index in [1.165, 1.54) is 22.3 Å². The van der Waals surface area contributed by atoms with Crippen LogP contribution in [-0.4, -0.2) is 44.9 Å². The van der Waals surface area contributed by atoms with Gasteiger partial charge in [0.25, 0.3) is 0 Å². The first-order chi connectivity index (χ1) is 16.6. The fraction of sp³-hybridized carbons (Fsp3) is 0.462. The zero-order chi connectivity index (χ0) is 23.9. The molecule has 2 aromatic carbocycles. The lowest BCUT2D eigenvalue weighted by atomic mass is 9.88. The molecule has 4 rings (SSSR count). The fourth-order valence-corrected chi connectivity index (χ4v) is 5.87. The monoisotopic (exact) mass is 638 g/mol. The lowest BCUT2D eigenvalue weighted by Crippen LogP contribution is -2.58. The molecule has 34 heavy (non-hydrogen) atoms. The first-order valence-corrected chi connectivity index (χ1v) is 14.7. The number of rotatable bonds is 6. The Morgan fingerprint density at radius 1 is 0.824 bits per heavy atom. The van der Waals surface area contributed by atoms with Crippen molar-refractivity contribution in [1.82, 2.24) is 20.7 Å². The summed E-state index contributed by atoms with van der Waals surface area (Å²) in [6.45, 7) is 0.869. The summed E-state index contributed by atoms with van der Waals surface area (Å²) in [5.41, 5.74) is 4.96. The molecule has 2 N–H and O–H groups in total. The van der Waals surface area contributed by atoms with E-state index in [0.717, 1.165) is 43.0 Å². The van der Waals surface area contributed by atoms with Gasteiger partial charge in [-0.15, -0.1) is 0 Å². The molecule has 0 radical (unpaired) electrons. The number of amides is 4. The number of hydrazine groups is 1. The van der Waals surface area contributed by atoms with Gasteiger partial charge in [0, 0.05) is 9.76 Å². The minimum absolute atomic E-state index is 0.0340. The molecular formula is C26H32BrIN4O2. The number of nitrogens with one attached hydrogen (secondary N) is 2. The van der Waals surface area contributed by atoms with Crippen LogP contribution in [0.4, 0.5) is 9.59 Å². The number of halogens is 2. The van der Waals surface area contributed by atoms with Gasteiger partial charge >= 0.3 is 12.1 Å². The van der Waals surface area contributed by atoms with Crippen LogP contribution in [0.1, 0.15) is 60.0 Å². The Hall–Kier alpha value is -1.81. The molecule has 2 aromatic rings. The van der Waals surface area contributed by atoms with Gasteiger partial charge in [0.05, 0.1) is 25.2 Å². The summed E-state index contributed by atoms with van der Waals surface area (Å²) >= 11 is 5.73. The second-order valence-electron chi connectivity index (χ2n) is 8.81. The van der Waals surface area contributed by atoms with Crippen molar-refractivity contribution in [3.63, 3.8) is 0 Å². The summed E-state index contributed by atoms with van der Waals surface area (Å²) in [6.07, 6.45) is 5.98. The predicted octanol–water partition coefficient (Wildman–Crippen LogP) is 5.91. The average molecular weight is 639 g/mol. The third-order valence-corrected chi connectivity index (χ3v) is 7.52. The molecule has 2 aliphatic carbocycles. The molecular weight excluding hydrogens is 607 g/mol. The number of alkyl halides is 2. The highest BCUT2D eigenvalue weighted by Gasteiger charge is 2.31. The molecule has 2 atom stereocenters. The van der Waals surface area contributed by atoms with Gasteiger partial charge in [-0.3, -0.25) is 0 Å². The molecule has 0 fully saturated rings. The maximum atomic E-state index is 13.5. The van der Waals surface area contributed by atoms with Gasteiger partial charge in [-0.1, -0.05) is 87.1 Å². The number of benzene rings is 2. The van der Waals surface area contributed by atoms with Crippen LogP contribution in [0, 0.1) is 0 Å². The van der Waals surface area contributed by atoms with Crippen LogP contribution in [-0.2, 0) is 12.8 Å². The minimum atomic E-state index is -0.231. The lowest BCUT2D eigenvalue weighted by molar-refractivity contribution is 0.0528. The number of carbonyl (C=O) groups excluding carboxylic acids is 2. The van der Waals surface area contributed by atoms with E-state index in [9.17, 15) is 9.59 Å². The third kappa shape index (κ3) is 5.87. The van der Waals surface area contributed by atoms with E-state index in [1.807, 2.05) is 12.1 Å². The summed E-state index contributed by atoms with van der Waals surface area (Å²) in [7, 11) is 0. The highest BCUT2D eigenvalue weighted by atomic mass is 127. The quantitative estimate of drug-likeness (QED) is 0.235. The van der Waals surface area contributed by atoms with E-state index in [-0.39, 0.29) is 24.1 Å². The number of fused-ring (bicyclic) bond motifs is 2. The van der Waals surface area contributed by atoms with Crippen LogP contribution in [0.3, 0.4) is 0 Å². The normalized spacial score (nSPS) is 18.9. The maximum absolute atomic E-state index is 13.5. The van der Waals surface area contributed by atoms with Crippen molar-refractivity contribution in [3.8, 4) is 0 Å². The van der Waals surface area contributed by atoms with E-state index in [2.05, 4.69) is 85.6 Å². The van der Waals surface area contributed by atoms with Gasteiger partial charge in [0.15, 0.2) is 0 Å². The number of urea groups is 2. The zero-order valence-corrected chi connectivity index (χ0v) is 23.1. The first kappa shape index (κ1) is 25.3. The van der Waals surface area contributed by atoms with E-state index >= 15 is 0 Å². The van der Waals surface area contributed by atoms with Gasteiger partial charge in [0.2, 0.25) is 0 Å². The summed E-state index contributed by atoms with van der Waals surface area (Å²) in [4.78, 5) is 27.0. The second-order valence-corrected chi connectivity index (χ2v) is 10.7. The summed E-state index contributed by atoms with van der Waals surface area (Å²) < 4.78 is 0.727. The van der Waals surface area contributed by atoms with Crippen LogP contribution in [0.15, 0.2) is 48.5 Å². The van der Waals surface area contributed by atoms with Gasteiger partial charge in [-0.2, -0.15) is 0 Å². The van der Waals surface area contributed by atoms with Crippen molar-refractivity contribution in [3.05, 3.63) is 70.8 Å². The fourth-order valence-electron chi connectivity index (χ4n) is 5.08. The Morgan fingerprint density at radius 2 is 1.29 bits per heavy atom. The smallest absolute Gasteiger partial charge is 0.330 e. The Bertz CT molecular complexity index is 925. The number of hydrogen-bond acceptors (Lipinski definition) is 2. The SMILES string of the molecule is O=C(NC1CCCc2ccccc21)N(CCBr)N(CCI)C(=O)NC1CCCc2ccccc21. The van der Waals surface area contributed by atoms with Gasteiger partial charge in [-0.25, -0.2) is 19.6 Å². The summed E-state index contributed by atoms with van der Waals surface area (Å²) in [5, 5.41) is 10.2. The molecule has 2 aliphatic rings. The van der Waals surface area contributed by atoms with E-state index < -0.39 is 0 Å². The van der Waals surface area contributed by atoms with Crippen molar-refractivity contribution >= 4 is 50.6 Å². The van der Waals surface area contributed by atoms with Crippen LogP contribution in [0.2, 0.25) is 0 Å². The largest absolute Gasteiger partial charge is 0.336 e. The van der Waals surface area contributed by atoms with Crippen molar-refractivity contribution in [2.24, 2.45) is 0 Å². The number of carbonyl (C=O) groups is 2. The molecule has 0 saturated heterocycles. The molecule has 0 aromatic heterocycles. The minimum Gasteiger partial charge on any atom is -0.330 e. The topological polar surface area (TPSA) is 64.7 Å². The zero-order valence-electron chi connectivity index (χ0n) is 19.3. The molecule has 2 unspecified atom stereocenters. The van der Waals surface area contributed by atoms with E-state index in [0.29, 0.717) is 18.4 Å². The number of aryl methyl sites for hydroxylation is 2. The second kappa shape index (κ2) is 12.2. The van der Waals surface area contributed by atoms with Crippen LogP contribution < -0.4 is 10.6 Å². The molecule has 8 heteroatoms. The van der Waals surface area contributed by atoms with Crippen molar-refractivity contribution in [1.29, 1.82) is 0 Å². The van der Waals surface area contributed by atoms with Crippen LogP contribution in [0.25, 0.3) is 0 Å². The molecule has 6 nitrogen and oxygen atoms in total. The standard InChI is InChI=1S/C26H32BrIN4O2/c27-15-17-31(25(33)29-23-13-5-9-19-7-1-3-11-21(19)23)32(18-16-28)26(34)30-24-14-6-10-20-8-2-4-12-22(20)24/h1-4,7-8,11-12,23-24H,5-6,9-10,13-18H2,(H,29,33)(H,30,34). The Balaban J connectivity index is 1.50. The van der Waals surface area contributed by atoms with Crippen LogP contribution >= 0.6 is 38.5 Å². The highest BCUT2D eigenvalue weighted by molar-refractivity contribution is 14.1. The van der Waals surface area contributed by atoms with Gasteiger partial charge in [0.1, 0.15) is 0 Å². The number of nitrogens with zero attached hydrogens (tertiary/aromatic N) is 2. The molecule has 0 aliphatic heterocycles. The van der Waals surface area contributed by atoms with E-state index in [4.69, 9.17) is 0 Å². The molecule has 0 bridgehead atoms. The highest BCUT2D eigenvalue weighted by Crippen LogP contribution is 2.31. The van der Waals surface area contributed by atoms with Gasteiger partial charge in [-0.05, 0) is 60.8 Å². The Labute approximate surface area is 224 Å². The molecule has 0 heterocycles. The molecule has 0 saturated carbocycles. The third-order valence-electron chi connectivity index (χ3n) is 6.69. The Morgan fingerprint density at radius 3 is 1.76 bits per heavy atom. The maximum Gasteiger partial charge on any atom is 0.336 e. The van der Waals surface area contributed by atoms with Crippen molar-refractivity contribution < 1.29 is 9.59 Å². The molecule has 182 valence electrons. The summed E-state index contributed by atoms with van der Waals surface area (Å²) in [6, 6.07) is 16.1. The van der Waals surface area contributed by atoms with Gasteiger partial charge < -0.3 is 10.6 Å². The molecule has 0 spiro atoms. The van der Waals surface area contributed by atoms with Crippen molar-refractivity contribution in [2.45, 2.75) is 50.6 Å². The van der Waals surface area contributed by atoms with Crippen LogP contribution in [0.5, 0.6) is 0 Å². The van der Waals surface area contributed by atoms with E-state index in [1.54, 1.807) is 10.0 Å². The van der Waals surface area contributed by atoms with Crippen molar-refractivity contribution in [2.75, 3.05) is 22.8 Å². The number of hydrogen-bond donors (Lipinski definition) is 2. The molecule has 4 amide bonds. The average Bonchev–Trinajstić information content (AvgIpc) is 2.86. The Kier molecular flexibility index (Phi) is 9.10. The lowest BCUT2D eigenvalue weighted by Gasteiger charge is -2.37. The summed E-state index contributed by atoms with van der Waals surface area (Å²) in [5.74, 6) is 0.